The summed E-state index contributed by atoms with van der Waals surface area (Å²) in [4.78, 5) is 0. The number of hydrogen-bond acceptors (Lipinski definition) is 2. The molecule has 1 aromatic carbocycles. The first kappa shape index (κ1) is 13.4. The van der Waals surface area contributed by atoms with Gasteiger partial charge in [-0.3, -0.25) is 4.72 Å². The first-order chi connectivity index (χ1) is 7.35. The van der Waals surface area contributed by atoms with Gasteiger partial charge >= 0.3 is 0 Å². The lowest BCUT2D eigenvalue weighted by molar-refractivity contribution is 0.596. The third kappa shape index (κ3) is 3.45. The molecule has 0 heterocycles. The summed E-state index contributed by atoms with van der Waals surface area (Å²) in [7, 11) is -3.45. The van der Waals surface area contributed by atoms with Gasteiger partial charge in [-0.25, -0.2) is 12.8 Å². The number of sulfonamides is 1. The van der Waals surface area contributed by atoms with Gasteiger partial charge in [0, 0.05) is 0 Å². The van der Waals surface area contributed by atoms with Gasteiger partial charge in [-0.2, -0.15) is 0 Å². The Morgan fingerprint density at radius 3 is 2.62 bits per heavy atom. The molecule has 1 aromatic rings. The Kier molecular flexibility index (Phi) is 4.32. The second-order valence-corrected chi connectivity index (χ2v) is 6.23. The van der Waals surface area contributed by atoms with E-state index in [1.54, 1.807) is 19.9 Å². The molecule has 0 saturated heterocycles. The van der Waals surface area contributed by atoms with Crippen LogP contribution in [-0.2, 0) is 10.0 Å². The monoisotopic (exact) mass is 309 g/mol. The topological polar surface area (TPSA) is 46.2 Å². The molecular formula is C10H13BrFNO2S. The van der Waals surface area contributed by atoms with Gasteiger partial charge in [0.05, 0.1) is 15.9 Å². The highest BCUT2D eigenvalue weighted by Crippen LogP contribution is 2.25. The van der Waals surface area contributed by atoms with E-state index in [2.05, 4.69) is 20.7 Å². The maximum absolute atomic E-state index is 13.6. The Morgan fingerprint density at radius 2 is 2.06 bits per heavy atom. The van der Waals surface area contributed by atoms with Crippen molar-refractivity contribution in [1.82, 2.24) is 0 Å². The molecule has 1 N–H and O–H groups in total. The number of nitrogens with one attached hydrogen (secondary N) is 1. The third-order valence-electron chi connectivity index (χ3n) is 1.91. The normalized spacial score (nSPS) is 11.5. The first-order valence-electron chi connectivity index (χ1n) is 4.82. The lowest BCUT2D eigenvalue weighted by Gasteiger charge is -2.09. The van der Waals surface area contributed by atoms with Crippen LogP contribution in [0.4, 0.5) is 10.1 Å². The molecule has 16 heavy (non-hydrogen) atoms. The third-order valence-corrected chi connectivity index (χ3v) is 3.96. The molecule has 0 aromatic heterocycles. The van der Waals surface area contributed by atoms with Crippen molar-refractivity contribution >= 4 is 31.6 Å². The van der Waals surface area contributed by atoms with E-state index in [9.17, 15) is 12.8 Å². The van der Waals surface area contributed by atoms with Gasteiger partial charge in [0.15, 0.2) is 5.82 Å². The molecule has 0 aliphatic rings. The summed E-state index contributed by atoms with van der Waals surface area (Å²) in [5.41, 5.74) is 0.766. The molecule has 1 rings (SSSR count). The largest absolute Gasteiger partial charge is 0.281 e. The Balaban J connectivity index is 3.07. The van der Waals surface area contributed by atoms with Crippen molar-refractivity contribution < 1.29 is 12.8 Å². The summed E-state index contributed by atoms with van der Waals surface area (Å²) in [6, 6.07) is 3.06. The van der Waals surface area contributed by atoms with E-state index in [4.69, 9.17) is 0 Å². The van der Waals surface area contributed by atoms with Gasteiger partial charge in [-0.1, -0.05) is 6.92 Å². The van der Waals surface area contributed by atoms with E-state index in [1.165, 1.54) is 6.07 Å². The number of rotatable bonds is 4. The zero-order chi connectivity index (χ0) is 12.3. The van der Waals surface area contributed by atoms with Gasteiger partial charge in [0.1, 0.15) is 0 Å². The predicted octanol–water partition coefficient (Wildman–Crippen LogP) is 3.05. The fourth-order valence-corrected chi connectivity index (χ4v) is 2.98. The Bertz CT molecular complexity index is 488. The standard InChI is InChI=1S/C10H13BrFNO2S/c1-3-4-16(14,15)13-9-6-7(2)5-8(11)10(9)12/h5-6,13H,3-4H2,1-2H3. The lowest BCUT2D eigenvalue weighted by Crippen LogP contribution is -2.17. The van der Waals surface area contributed by atoms with Crippen LogP contribution in [0.25, 0.3) is 0 Å². The van der Waals surface area contributed by atoms with Crippen molar-refractivity contribution in [3.05, 3.63) is 28.0 Å². The quantitative estimate of drug-likeness (QED) is 0.929. The summed E-state index contributed by atoms with van der Waals surface area (Å²) in [6.45, 7) is 3.52. The number of anilines is 1. The maximum atomic E-state index is 13.6. The molecule has 0 saturated carbocycles. The van der Waals surface area contributed by atoms with Crippen molar-refractivity contribution in [1.29, 1.82) is 0 Å². The number of halogens is 2. The summed E-state index contributed by atoms with van der Waals surface area (Å²) < 4.78 is 39.0. The zero-order valence-corrected chi connectivity index (χ0v) is 11.5. The molecule has 6 heteroatoms. The molecule has 0 radical (unpaired) electrons. The van der Waals surface area contributed by atoms with E-state index in [1.807, 2.05) is 0 Å². The molecule has 0 bridgehead atoms. The van der Waals surface area contributed by atoms with Crippen LogP contribution in [0.1, 0.15) is 18.9 Å². The van der Waals surface area contributed by atoms with Crippen LogP contribution in [0.2, 0.25) is 0 Å². The van der Waals surface area contributed by atoms with Crippen molar-refractivity contribution in [3.63, 3.8) is 0 Å². The van der Waals surface area contributed by atoms with Crippen LogP contribution in [0.15, 0.2) is 16.6 Å². The first-order valence-corrected chi connectivity index (χ1v) is 7.26. The van der Waals surface area contributed by atoms with Crippen LogP contribution < -0.4 is 4.72 Å². The van der Waals surface area contributed by atoms with Crippen molar-refractivity contribution in [2.45, 2.75) is 20.3 Å². The van der Waals surface area contributed by atoms with E-state index in [0.29, 0.717) is 6.42 Å². The average Bonchev–Trinajstić information content (AvgIpc) is 2.12. The molecule has 0 amide bonds. The van der Waals surface area contributed by atoms with Crippen LogP contribution in [-0.4, -0.2) is 14.2 Å². The fourth-order valence-electron chi connectivity index (χ4n) is 1.29. The molecule has 0 unspecified atom stereocenters. The summed E-state index contributed by atoms with van der Waals surface area (Å²) in [6.07, 6.45) is 0.490. The van der Waals surface area contributed by atoms with Gasteiger partial charge in [-0.05, 0) is 47.0 Å². The van der Waals surface area contributed by atoms with E-state index in [-0.39, 0.29) is 15.9 Å². The smallest absolute Gasteiger partial charge is 0.232 e. The number of hydrogen-bond donors (Lipinski definition) is 1. The highest BCUT2D eigenvalue weighted by Gasteiger charge is 2.14. The minimum absolute atomic E-state index is 0.0136. The van der Waals surface area contributed by atoms with Gasteiger partial charge in [0.25, 0.3) is 0 Å². The molecule has 0 aliphatic heterocycles. The summed E-state index contributed by atoms with van der Waals surface area (Å²) >= 11 is 3.03. The second kappa shape index (κ2) is 5.14. The maximum Gasteiger partial charge on any atom is 0.232 e. The summed E-state index contributed by atoms with van der Waals surface area (Å²) in [5.74, 6) is -0.608. The number of benzene rings is 1. The predicted molar refractivity (Wildman–Crippen MR) is 66.5 cm³/mol. The highest BCUT2D eigenvalue weighted by molar-refractivity contribution is 9.10. The van der Waals surface area contributed by atoms with Crippen LogP contribution in [0.3, 0.4) is 0 Å². The number of aryl methyl sites for hydroxylation is 1. The van der Waals surface area contributed by atoms with Crippen LogP contribution >= 0.6 is 15.9 Å². The molecule has 90 valence electrons. The molecule has 0 aliphatic carbocycles. The highest BCUT2D eigenvalue weighted by atomic mass is 79.9. The lowest BCUT2D eigenvalue weighted by atomic mass is 10.2. The molecular weight excluding hydrogens is 297 g/mol. The molecule has 0 spiro atoms. The van der Waals surface area contributed by atoms with Gasteiger partial charge in [-0.15, -0.1) is 0 Å². The molecule has 3 nitrogen and oxygen atoms in total. The van der Waals surface area contributed by atoms with E-state index < -0.39 is 15.8 Å². The van der Waals surface area contributed by atoms with Gasteiger partial charge < -0.3 is 0 Å². The second-order valence-electron chi connectivity index (χ2n) is 3.53. The average molecular weight is 310 g/mol. The Morgan fingerprint density at radius 1 is 1.44 bits per heavy atom. The SMILES string of the molecule is CCCS(=O)(=O)Nc1cc(C)cc(Br)c1F. The van der Waals surface area contributed by atoms with Crippen molar-refractivity contribution in [3.8, 4) is 0 Å². The van der Waals surface area contributed by atoms with E-state index in [0.717, 1.165) is 5.56 Å². The molecule has 0 fully saturated rings. The zero-order valence-electron chi connectivity index (χ0n) is 9.05. The van der Waals surface area contributed by atoms with Crippen LogP contribution in [0.5, 0.6) is 0 Å². The van der Waals surface area contributed by atoms with Crippen LogP contribution in [0, 0.1) is 12.7 Å². The fraction of sp³-hybridized carbons (Fsp3) is 0.400. The van der Waals surface area contributed by atoms with Gasteiger partial charge in [0.2, 0.25) is 10.0 Å². The van der Waals surface area contributed by atoms with Crippen molar-refractivity contribution in [2.24, 2.45) is 0 Å². The van der Waals surface area contributed by atoms with Crippen molar-refractivity contribution in [2.75, 3.05) is 10.5 Å². The summed E-state index contributed by atoms with van der Waals surface area (Å²) in [5, 5.41) is 0. The minimum atomic E-state index is -3.45. The minimum Gasteiger partial charge on any atom is -0.281 e. The van der Waals surface area contributed by atoms with E-state index >= 15 is 0 Å². The Hall–Kier alpha value is -0.620. The Labute approximate surface area is 103 Å². The molecule has 0 atom stereocenters.